The second-order valence-corrected chi connectivity index (χ2v) is 8.05. The molecule has 2 N–H and O–H groups in total. The molecule has 6 nitrogen and oxygen atoms in total. The van der Waals surface area contributed by atoms with Crippen LogP contribution in [0.2, 0.25) is 0 Å². The van der Waals surface area contributed by atoms with Crippen molar-refractivity contribution >= 4 is 29.3 Å². The predicted molar refractivity (Wildman–Crippen MR) is 110 cm³/mol. The number of hydrogen-bond donors (Lipinski definition) is 2. The summed E-state index contributed by atoms with van der Waals surface area (Å²) in [6, 6.07) is 12.2. The molecular formula is C21H23N3O3S. The Labute approximate surface area is 168 Å². The number of pyridine rings is 1. The summed E-state index contributed by atoms with van der Waals surface area (Å²) in [4.78, 5) is 29.2. The minimum Gasteiger partial charge on any atom is -0.480 e. The minimum atomic E-state index is -1.01. The summed E-state index contributed by atoms with van der Waals surface area (Å²) in [6.45, 7) is 3.86. The average Bonchev–Trinajstić information content (AvgIpc) is 3.08. The number of thioether (sulfide) groups is 1. The molecule has 0 aliphatic carbocycles. The van der Waals surface area contributed by atoms with Gasteiger partial charge in [0.2, 0.25) is 0 Å². The average molecular weight is 398 g/mol. The van der Waals surface area contributed by atoms with Crippen LogP contribution in [0.5, 0.6) is 0 Å². The number of fused-ring (bicyclic) bond motifs is 1. The topological polar surface area (TPSA) is 83.7 Å². The largest absolute Gasteiger partial charge is 0.480 e. The lowest BCUT2D eigenvalue weighted by atomic mass is 10.0. The highest BCUT2D eigenvalue weighted by atomic mass is 32.2. The number of amides is 1. The second-order valence-electron chi connectivity index (χ2n) is 7.01. The zero-order valence-electron chi connectivity index (χ0n) is 15.8. The Morgan fingerprint density at radius 1 is 1.18 bits per heavy atom. The number of aliphatic carboxylic acids is 1. The molecule has 1 amide bonds. The van der Waals surface area contributed by atoms with Gasteiger partial charge in [0.25, 0.3) is 5.91 Å². The van der Waals surface area contributed by atoms with Gasteiger partial charge >= 0.3 is 5.97 Å². The zero-order chi connectivity index (χ0) is 20.1. The van der Waals surface area contributed by atoms with Crippen LogP contribution in [0.1, 0.15) is 36.3 Å². The molecule has 7 heteroatoms. The summed E-state index contributed by atoms with van der Waals surface area (Å²) in [6.07, 6.45) is 4.37. The molecule has 1 atom stereocenters. The molecule has 1 aromatic carbocycles. The van der Waals surface area contributed by atoms with E-state index in [1.54, 1.807) is 23.9 Å². The molecule has 0 saturated heterocycles. The van der Waals surface area contributed by atoms with Gasteiger partial charge in [-0.05, 0) is 48.7 Å². The fourth-order valence-corrected chi connectivity index (χ4v) is 3.63. The molecule has 2 heterocycles. The van der Waals surface area contributed by atoms with E-state index in [2.05, 4.69) is 10.3 Å². The van der Waals surface area contributed by atoms with E-state index in [0.29, 0.717) is 12.0 Å². The number of hydrogen-bond acceptors (Lipinski definition) is 4. The maximum atomic E-state index is 12.3. The summed E-state index contributed by atoms with van der Waals surface area (Å²) in [5, 5.41) is 11.9. The van der Waals surface area contributed by atoms with Crippen molar-refractivity contribution < 1.29 is 14.7 Å². The number of nitrogens with one attached hydrogen (secondary N) is 1. The normalized spacial score (nSPS) is 12.2. The van der Waals surface area contributed by atoms with Gasteiger partial charge in [-0.3, -0.25) is 4.79 Å². The highest BCUT2D eigenvalue weighted by Crippen LogP contribution is 2.23. The van der Waals surface area contributed by atoms with Gasteiger partial charge in [0.05, 0.1) is 5.69 Å². The lowest BCUT2D eigenvalue weighted by Gasteiger charge is -2.16. The van der Waals surface area contributed by atoms with E-state index < -0.39 is 12.0 Å². The number of carboxylic acids is 1. The first kappa shape index (κ1) is 19.9. The van der Waals surface area contributed by atoms with Crippen LogP contribution >= 0.6 is 11.8 Å². The molecular weight excluding hydrogens is 374 g/mol. The molecule has 0 saturated carbocycles. The quantitative estimate of drug-likeness (QED) is 0.564. The van der Waals surface area contributed by atoms with Crippen molar-refractivity contribution in [1.29, 1.82) is 0 Å². The van der Waals surface area contributed by atoms with Crippen LogP contribution in [0.3, 0.4) is 0 Å². The Hall–Kier alpha value is -2.80. The highest BCUT2D eigenvalue weighted by molar-refractivity contribution is 7.98. The standard InChI is InChI=1S/C21H23N3O3S/c1-14(2)11-18(21(26)27)23-20(25)15-6-8-17(9-7-15)28-13-16-12-24-10-4-3-5-19(24)22-16/h3-10,12,14,18H,11,13H2,1-2H3,(H,23,25)(H,26,27)/t18-/m0/s1. The number of benzene rings is 1. The number of carbonyl (C=O) groups is 2. The van der Waals surface area contributed by atoms with Crippen molar-refractivity contribution in [2.75, 3.05) is 0 Å². The zero-order valence-corrected chi connectivity index (χ0v) is 16.6. The molecule has 0 radical (unpaired) electrons. The molecule has 28 heavy (non-hydrogen) atoms. The van der Waals surface area contributed by atoms with Crippen molar-refractivity contribution in [2.24, 2.45) is 5.92 Å². The van der Waals surface area contributed by atoms with Crippen LogP contribution in [-0.4, -0.2) is 32.4 Å². The molecule has 2 aromatic heterocycles. The number of nitrogens with zero attached hydrogens (tertiary/aromatic N) is 2. The van der Waals surface area contributed by atoms with E-state index >= 15 is 0 Å². The SMILES string of the molecule is CC(C)C[C@H](NC(=O)c1ccc(SCc2cn3ccccc3n2)cc1)C(=O)O. The molecule has 0 unspecified atom stereocenters. The Balaban J connectivity index is 1.59. The van der Waals surface area contributed by atoms with Crippen molar-refractivity contribution in [2.45, 2.75) is 37.0 Å². The minimum absolute atomic E-state index is 0.180. The van der Waals surface area contributed by atoms with Gasteiger partial charge < -0.3 is 14.8 Å². The van der Waals surface area contributed by atoms with E-state index in [4.69, 9.17) is 0 Å². The molecule has 3 aromatic rings. The van der Waals surface area contributed by atoms with Gasteiger partial charge in [-0.15, -0.1) is 11.8 Å². The van der Waals surface area contributed by atoms with Crippen LogP contribution in [-0.2, 0) is 10.5 Å². The number of carbonyl (C=O) groups excluding carboxylic acids is 1. The molecule has 0 spiro atoms. The fourth-order valence-electron chi connectivity index (χ4n) is 2.85. The third-order valence-corrected chi connectivity index (χ3v) is 5.27. The Bertz CT molecular complexity index is 933. The Morgan fingerprint density at radius 2 is 1.93 bits per heavy atom. The molecule has 0 aliphatic heterocycles. The van der Waals surface area contributed by atoms with Gasteiger partial charge in [0, 0.05) is 28.6 Å². The number of carboxylic acid groups (broad SMARTS) is 1. The lowest BCUT2D eigenvalue weighted by Crippen LogP contribution is -2.41. The summed E-state index contributed by atoms with van der Waals surface area (Å²) >= 11 is 1.63. The van der Waals surface area contributed by atoms with E-state index in [9.17, 15) is 14.7 Å². The van der Waals surface area contributed by atoms with Gasteiger partial charge in [-0.1, -0.05) is 19.9 Å². The van der Waals surface area contributed by atoms with Gasteiger partial charge in [-0.25, -0.2) is 9.78 Å². The first-order valence-corrected chi connectivity index (χ1v) is 10.1. The van der Waals surface area contributed by atoms with Crippen LogP contribution in [0.25, 0.3) is 5.65 Å². The summed E-state index contributed by atoms with van der Waals surface area (Å²) in [7, 11) is 0. The van der Waals surface area contributed by atoms with Crippen LogP contribution in [0.15, 0.2) is 59.8 Å². The smallest absolute Gasteiger partial charge is 0.326 e. The molecule has 146 valence electrons. The third-order valence-electron chi connectivity index (χ3n) is 4.23. The van der Waals surface area contributed by atoms with Crippen LogP contribution < -0.4 is 5.32 Å². The maximum Gasteiger partial charge on any atom is 0.326 e. The highest BCUT2D eigenvalue weighted by Gasteiger charge is 2.21. The van der Waals surface area contributed by atoms with E-state index in [0.717, 1.165) is 22.0 Å². The van der Waals surface area contributed by atoms with Crippen LogP contribution in [0, 0.1) is 5.92 Å². The molecule has 3 rings (SSSR count). The van der Waals surface area contributed by atoms with E-state index in [1.165, 1.54) is 0 Å². The van der Waals surface area contributed by atoms with Gasteiger partial charge in [0.15, 0.2) is 0 Å². The second kappa shape index (κ2) is 8.93. The van der Waals surface area contributed by atoms with Crippen molar-refractivity contribution in [3.63, 3.8) is 0 Å². The molecule has 0 aliphatic rings. The van der Waals surface area contributed by atoms with Crippen molar-refractivity contribution in [3.8, 4) is 0 Å². The molecule has 0 fully saturated rings. The first-order chi connectivity index (χ1) is 13.4. The number of imidazole rings is 1. The van der Waals surface area contributed by atoms with Gasteiger partial charge in [0.1, 0.15) is 11.7 Å². The predicted octanol–water partition coefficient (Wildman–Crippen LogP) is 3.86. The summed E-state index contributed by atoms with van der Waals surface area (Å²) < 4.78 is 1.99. The monoisotopic (exact) mass is 397 g/mol. The van der Waals surface area contributed by atoms with Crippen molar-refractivity contribution in [3.05, 3.63) is 66.1 Å². The number of aromatic nitrogens is 2. The first-order valence-electron chi connectivity index (χ1n) is 9.11. The Morgan fingerprint density at radius 3 is 2.57 bits per heavy atom. The number of rotatable bonds is 8. The van der Waals surface area contributed by atoms with Crippen molar-refractivity contribution in [1.82, 2.24) is 14.7 Å². The third kappa shape index (κ3) is 5.13. The Kier molecular flexibility index (Phi) is 6.36. The summed E-state index contributed by atoms with van der Waals surface area (Å²) in [5.41, 5.74) is 2.35. The lowest BCUT2D eigenvalue weighted by molar-refractivity contribution is -0.139. The molecule has 0 bridgehead atoms. The van der Waals surface area contributed by atoms with E-state index in [1.807, 2.05) is 61.0 Å². The maximum absolute atomic E-state index is 12.3. The van der Waals surface area contributed by atoms with E-state index in [-0.39, 0.29) is 11.8 Å². The summed E-state index contributed by atoms with van der Waals surface area (Å²) in [5.74, 6) is -0.477. The van der Waals surface area contributed by atoms with Gasteiger partial charge in [-0.2, -0.15) is 0 Å². The van der Waals surface area contributed by atoms with Crippen LogP contribution in [0.4, 0.5) is 0 Å². The fraction of sp³-hybridized carbons (Fsp3) is 0.286.